The van der Waals surface area contributed by atoms with Gasteiger partial charge < -0.3 is 4.74 Å². The third kappa shape index (κ3) is 2.70. The minimum absolute atomic E-state index is 0.201. The van der Waals surface area contributed by atoms with Crippen molar-refractivity contribution in [1.29, 1.82) is 0 Å². The van der Waals surface area contributed by atoms with E-state index in [0.29, 0.717) is 11.5 Å². The first-order valence-electron chi connectivity index (χ1n) is 5.84. The molecule has 2 rings (SSSR count). The second-order valence-corrected chi connectivity index (χ2v) is 3.84. The van der Waals surface area contributed by atoms with Crippen LogP contribution in [0.25, 0.3) is 11.5 Å². The third-order valence-corrected chi connectivity index (χ3v) is 2.52. The van der Waals surface area contributed by atoms with E-state index in [9.17, 15) is 9.59 Å². The zero-order valence-electron chi connectivity index (χ0n) is 10.7. The number of carbonyl (C=O) groups excluding carboxylic acids is 1. The molecule has 0 amide bonds. The van der Waals surface area contributed by atoms with Gasteiger partial charge in [-0.3, -0.25) is 14.3 Å². The summed E-state index contributed by atoms with van der Waals surface area (Å²) in [6.45, 7) is 1.78. The molecule has 0 fully saturated rings. The fraction of sp³-hybridized carbons (Fsp3) is 0.333. The highest BCUT2D eigenvalue weighted by Crippen LogP contribution is 2.10. The van der Waals surface area contributed by atoms with Crippen LogP contribution in [-0.2, 0) is 23.1 Å². The van der Waals surface area contributed by atoms with Gasteiger partial charge >= 0.3 is 11.7 Å². The first kappa shape index (κ1) is 13.0. The summed E-state index contributed by atoms with van der Waals surface area (Å²) in [5.41, 5.74) is 0.193. The zero-order chi connectivity index (χ0) is 13.8. The lowest BCUT2D eigenvalue weighted by atomic mass is 10.3. The van der Waals surface area contributed by atoms with Crippen LogP contribution < -0.4 is 5.69 Å². The van der Waals surface area contributed by atoms with Crippen LogP contribution in [0, 0.1) is 0 Å². The minimum Gasteiger partial charge on any atom is -0.465 e. The van der Waals surface area contributed by atoms with Crippen LogP contribution in [0.4, 0.5) is 0 Å². The van der Waals surface area contributed by atoms with Crippen LogP contribution in [0.2, 0.25) is 0 Å². The number of nitrogens with zero attached hydrogens (tertiary/aromatic N) is 4. The standard InChI is InChI=1S/C12H14N4O3/c1-3-19-10(17)8-16-12(18)15(2)11(14-16)9-6-4-5-7-13-9/h4-7H,3,8H2,1-2H3. The van der Waals surface area contributed by atoms with Crippen molar-refractivity contribution in [3.05, 3.63) is 34.9 Å². The van der Waals surface area contributed by atoms with E-state index in [1.54, 1.807) is 38.4 Å². The van der Waals surface area contributed by atoms with Gasteiger partial charge in [0.2, 0.25) is 0 Å². The Kier molecular flexibility index (Phi) is 3.74. The normalized spacial score (nSPS) is 10.4. The number of aromatic nitrogens is 4. The van der Waals surface area contributed by atoms with E-state index < -0.39 is 5.97 Å². The van der Waals surface area contributed by atoms with Crippen LogP contribution in [0.5, 0.6) is 0 Å². The summed E-state index contributed by atoms with van der Waals surface area (Å²) in [6.07, 6.45) is 1.62. The molecule has 100 valence electrons. The lowest BCUT2D eigenvalue weighted by molar-refractivity contribution is -0.144. The predicted molar refractivity (Wildman–Crippen MR) is 67.3 cm³/mol. The van der Waals surface area contributed by atoms with Gasteiger partial charge in [0.25, 0.3) is 0 Å². The molecule has 7 heteroatoms. The van der Waals surface area contributed by atoms with Gasteiger partial charge in [-0.15, -0.1) is 5.10 Å². The average molecular weight is 262 g/mol. The van der Waals surface area contributed by atoms with Gasteiger partial charge in [-0.1, -0.05) is 6.07 Å². The lowest BCUT2D eigenvalue weighted by Crippen LogP contribution is -2.27. The molecule has 7 nitrogen and oxygen atoms in total. The van der Waals surface area contributed by atoms with Gasteiger partial charge in [-0.25, -0.2) is 9.48 Å². The van der Waals surface area contributed by atoms with E-state index in [4.69, 9.17) is 4.74 Å². The van der Waals surface area contributed by atoms with E-state index in [1.165, 1.54) is 4.57 Å². The number of hydrogen-bond donors (Lipinski definition) is 0. The fourth-order valence-corrected chi connectivity index (χ4v) is 1.64. The minimum atomic E-state index is -0.490. The first-order chi connectivity index (χ1) is 9.13. The van der Waals surface area contributed by atoms with Gasteiger partial charge in [0.05, 0.1) is 6.61 Å². The number of pyridine rings is 1. The van der Waals surface area contributed by atoms with Crippen molar-refractivity contribution < 1.29 is 9.53 Å². The van der Waals surface area contributed by atoms with Gasteiger partial charge in [-0.2, -0.15) is 0 Å². The molecule has 0 atom stereocenters. The molecule has 0 bridgehead atoms. The second-order valence-electron chi connectivity index (χ2n) is 3.84. The highest BCUT2D eigenvalue weighted by atomic mass is 16.5. The molecule has 0 aromatic carbocycles. The summed E-state index contributed by atoms with van der Waals surface area (Å²) in [6, 6.07) is 5.32. The van der Waals surface area contributed by atoms with Crippen LogP contribution in [0.3, 0.4) is 0 Å². The average Bonchev–Trinajstić information content (AvgIpc) is 2.68. The fourth-order valence-electron chi connectivity index (χ4n) is 1.64. The third-order valence-electron chi connectivity index (χ3n) is 2.52. The molecule has 2 aromatic heterocycles. The Labute approximate surface area is 109 Å². The maximum Gasteiger partial charge on any atom is 0.346 e. The van der Waals surface area contributed by atoms with E-state index in [0.717, 1.165) is 4.68 Å². The second kappa shape index (κ2) is 5.47. The van der Waals surface area contributed by atoms with Crippen LogP contribution >= 0.6 is 0 Å². The molecule has 2 heterocycles. The highest BCUT2D eigenvalue weighted by molar-refractivity contribution is 5.69. The molecule has 0 radical (unpaired) electrons. The number of rotatable bonds is 4. The Morgan fingerprint density at radius 1 is 1.42 bits per heavy atom. The molecule has 0 aliphatic heterocycles. The lowest BCUT2D eigenvalue weighted by Gasteiger charge is -1.99. The van der Waals surface area contributed by atoms with E-state index >= 15 is 0 Å². The summed E-state index contributed by atoms with van der Waals surface area (Å²) in [5, 5.41) is 4.11. The molecular formula is C12H14N4O3. The van der Waals surface area contributed by atoms with Gasteiger partial charge in [-0.05, 0) is 19.1 Å². The molecule has 0 aliphatic rings. The summed E-state index contributed by atoms with van der Waals surface area (Å²) >= 11 is 0. The SMILES string of the molecule is CCOC(=O)Cn1nc(-c2ccccn2)n(C)c1=O. The van der Waals surface area contributed by atoms with E-state index in [-0.39, 0.29) is 18.8 Å². The summed E-state index contributed by atoms with van der Waals surface area (Å²) in [7, 11) is 1.58. The summed E-state index contributed by atoms with van der Waals surface area (Å²) in [4.78, 5) is 27.4. The number of hydrogen-bond acceptors (Lipinski definition) is 5. The van der Waals surface area contributed by atoms with Crippen LogP contribution in [-0.4, -0.2) is 31.9 Å². The van der Waals surface area contributed by atoms with Crippen LogP contribution in [0.15, 0.2) is 29.2 Å². The van der Waals surface area contributed by atoms with Crippen molar-refractivity contribution in [3.63, 3.8) is 0 Å². The quantitative estimate of drug-likeness (QED) is 0.736. The molecule has 0 unspecified atom stereocenters. The van der Waals surface area contributed by atoms with Crippen molar-refractivity contribution in [3.8, 4) is 11.5 Å². The van der Waals surface area contributed by atoms with Gasteiger partial charge in [0, 0.05) is 13.2 Å². The monoisotopic (exact) mass is 262 g/mol. The molecule has 0 spiro atoms. The maximum absolute atomic E-state index is 11.9. The van der Waals surface area contributed by atoms with Crippen molar-refractivity contribution in [2.45, 2.75) is 13.5 Å². The molecule has 0 saturated heterocycles. The van der Waals surface area contributed by atoms with Crippen molar-refractivity contribution in [2.75, 3.05) is 6.61 Å². The molecular weight excluding hydrogens is 248 g/mol. The smallest absolute Gasteiger partial charge is 0.346 e. The van der Waals surface area contributed by atoms with Gasteiger partial charge in [0.15, 0.2) is 5.82 Å². The molecule has 19 heavy (non-hydrogen) atoms. The zero-order valence-corrected chi connectivity index (χ0v) is 10.7. The predicted octanol–water partition coefficient (Wildman–Crippen LogP) is 0.207. The Balaban J connectivity index is 2.34. The molecule has 0 aliphatic carbocycles. The Hall–Kier alpha value is -2.44. The van der Waals surface area contributed by atoms with Crippen LogP contribution in [0.1, 0.15) is 6.92 Å². The topological polar surface area (TPSA) is 79.0 Å². The Bertz CT molecular complexity index is 630. The van der Waals surface area contributed by atoms with E-state index in [2.05, 4.69) is 10.1 Å². The van der Waals surface area contributed by atoms with Crippen molar-refractivity contribution >= 4 is 5.97 Å². The molecule has 0 saturated carbocycles. The van der Waals surface area contributed by atoms with E-state index in [1.807, 2.05) is 0 Å². The summed E-state index contributed by atoms with van der Waals surface area (Å²) in [5.74, 6) is -0.0785. The largest absolute Gasteiger partial charge is 0.465 e. The maximum atomic E-state index is 11.9. The van der Waals surface area contributed by atoms with Crippen molar-refractivity contribution in [2.24, 2.45) is 7.05 Å². The molecule has 2 aromatic rings. The first-order valence-corrected chi connectivity index (χ1v) is 5.84. The van der Waals surface area contributed by atoms with Gasteiger partial charge in [0.1, 0.15) is 12.2 Å². The molecule has 0 N–H and O–H groups in total. The Morgan fingerprint density at radius 2 is 2.21 bits per heavy atom. The van der Waals surface area contributed by atoms with Crippen molar-refractivity contribution in [1.82, 2.24) is 19.3 Å². The number of carbonyl (C=O) groups is 1. The Morgan fingerprint density at radius 3 is 2.84 bits per heavy atom. The number of ether oxygens (including phenoxy) is 1. The highest BCUT2D eigenvalue weighted by Gasteiger charge is 2.15. The summed E-state index contributed by atoms with van der Waals surface area (Å²) < 4.78 is 7.21. The number of esters is 1.